The number of piperidine rings is 2. The van der Waals surface area contributed by atoms with Crippen molar-refractivity contribution in [3.63, 3.8) is 0 Å². The number of rotatable bonds is 4. The van der Waals surface area contributed by atoms with Crippen molar-refractivity contribution in [2.45, 2.75) is 45.1 Å². The maximum Gasteiger partial charge on any atom is 0.335 e. The molecule has 22 heavy (non-hydrogen) atoms. The number of aryl methyl sites for hydroxylation is 1. The summed E-state index contributed by atoms with van der Waals surface area (Å²) in [5, 5.41) is 9.11. The van der Waals surface area contributed by atoms with Gasteiger partial charge in [-0.25, -0.2) is 4.79 Å². The van der Waals surface area contributed by atoms with E-state index in [-0.39, 0.29) is 0 Å². The number of carbonyl (C=O) groups is 1. The molecule has 4 heteroatoms. The fourth-order valence-corrected chi connectivity index (χ4v) is 3.86. The molecule has 1 N–H and O–H groups in total. The minimum absolute atomic E-state index is 0.295. The van der Waals surface area contributed by atoms with Crippen LogP contribution in [-0.2, 0) is 0 Å². The van der Waals surface area contributed by atoms with Crippen LogP contribution in [0.2, 0.25) is 0 Å². The highest BCUT2D eigenvalue weighted by Crippen LogP contribution is 2.31. The maximum absolute atomic E-state index is 11.1. The first-order chi connectivity index (χ1) is 10.6. The summed E-state index contributed by atoms with van der Waals surface area (Å²) < 4.78 is 6.03. The Balaban J connectivity index is 1.66. The predicted molar refractivity (Wildman–Crippen MR) is 85.6 cm³/mol. The third-order valence-electron chi connectivity index (χ3n) is 5.12. The summed E-state index contributed by atoms with van der Waals surface area (Å²) >= 11 is 0. The number of ether oxygens (including phenoxy) is 1. The largest absolute Gasteiger partial charge is 0.493 e. The zero-order valence-electron chi connectivity index (χ0n) is 13.3. The number of carboxylic acid groups (broad SMARTS) is 1. The highest BCUT2D eigenvalue weighted by Gasteiger charge is 2.33. The van der Waals surface area contributed by atoms with Crippen LogP contribution in [0.5, 0.6) is 5.75 Å². The normalized spacial score (nSPS) is 25.5. The fourth-order valence-electron chi connectivity index (χ4n) is 3.86. The van der Waals surface area contributed by atoms with Gasteiger partial charge in [0.2, 0.25) is 0 Å². The Kier molecular flexibility index (Phi) is 4.67. The van der Waals surface area contributed by atoms with Gasteiger partial charge in [0, 0.05) is 12.0 Å². The Bertz CT molecular complexity index is 541. The summed E-state index contributed by atoms with van der Waals surface area (Å²) in [5.74, 6) is 0.385. The summed E-state index contributed by atoms with van der Waals surface area (Å²) in [7, 11) is 0. The Morgan fingerprint density at radius 3 is 2.91 bits per heavy atom. The average Bonchev–Trinajstić information content (AvgIpc) is 2.54. The lowest BCUT2D eigenvalue weighted by Gasteiger charge is -2.44. The number of nitrogens with zero attached hydrogens (tertiary/aromatic N) is 1. The zero-order chi connectivity index (χ0) is 15.5. The summed E-state index contributed by atoms with van der Waals surface area (Å²) in [6.07, 6.45) is 6.40. The van der Waals surface area contributed by atoms with Crippen molar-refractivity contribution in [3.05, 3.63) is 29.3 Å². The second-order valence-corrected chi connectivity index (χ2v) is 6.60. The van der Waals surface area contributed by atoms with Crippen LogP contribution in [0.3, 0.4) is 0 Å². The molecule has 3 rings (SSSR count). The Morgan fingerprint density at radius 1 is 1.27 bits per heavy atom. The van der Waals surface area contributed by atoms with E-state index >= 15 is 0 Å². The first-order valence-electron chi connectivity index (χ1n) is 8.36. The molecule has 2 atom stereocenters. The Morgan fingerprint density at radius 2 is 2.09 bits per heavy atom. The molecule has 0 amide bonds. The molecule has 2 fully saturated rings. The van der Waals surface area contributed by atoms with Crippen molar-refractivity contribution in [2.24, 2.45) is 5.92 Å². The molecule has 0 spiro atoms. The van der Waals surface area contributed by atoms with Crippen LogP contribution < -0.4 is 4.74 Å². The smallest absolute Gasteiger partial charge is 0.335 e. The summed E-state index contributed by atoms with van der Waals surface area (Å²) in [5.41, 5.74) is 1.30. The molecular formula is C18H25NO3. The lowest BCUT2D eigenvalue weighted by atomic mass is 9.84. The minimum atomic E-state index is -0.902. The molecule has 2 aliphatic rings. The summed E-state index contributed by atoms with van der Waals surface area (Å²) in [6.45, 7) is 5.13. The van der Waals surface area contributed by atoms with Gasteiger partial charge in [-0.15, -0.1) is 0 Å². The van der Waals surface area contributed by atoms with Gasteiger partial charge in [0.05, 0.1) is 12.2 Å². The molecule has 0 bridgehead atoms. The standard InChI is InChI=1S/C18H25NO3/c1-13-7-8-14(18(20)21)11-17(13)22-12-15-5-4-10-19-9-3-2-6-16(15)19/h7-8,11,15-16H,2-6,9-10,12H2,1H3,(H,20,21)/t15-,16+/m0/s1. The molecule has 120 valence electrons. The van der Waals surface area contributed by atoms with Gasteiger partial charge in [0.15, 0.2) is 0 Å². The highest BCUT2D eigenvalue weighted by atomic mass is 16.5. The molecule has 0 unspecified atom stereocenters. The van der Waals surface area contributed by atoms with E-state index in [1.807, 2.05) is 13.0 Å². The number of fused-ring (bicyclic) bond motifs is 1. The molecule has 2 heterocycles. The maximum atomic E-state index is 11.1. The minimum Gasteiger partial charge on any atom is -0.493 e. The summed E-state index contributed by atoms with van der Waals surface area (Å²) in [4.78, 5) is 13.7. The van der Waals surface area contributed by atoms with Gasteiger partial charge in [-0.3, -0.25) is 4.90 Å². The van der Waals surface area contributed by atoms with Gasteiger partial charge in [-0.2, -0.15) is 0 Å². The van der Waals surface area contributed by atoms with E-state index in [4.69, 9.17) is 9.84 Å². The molecule has 1 aromatic rings. The van der Waals surface area contributed by atoms with Crippen molar-refractivity contribution in [3.8, 4) is 5.75 Å². The fraction of sp³-hybridized carbons (Fsp3) is 0.611. The molecule has 2 aliphatic heterocycles. The Labute approximate surface area is 132 Å². The third kappa shape index (κ3) is 3.27. The van der Waals surface area contributed by atoms with E-state index in [0.29, 0.717) is 29.9 Å². The van der Waals surface area contributed by atoms with E-state index in [9.17, 15) is 4.79 Å². The Hall–Kier alpha value is -1.55. The van der Waals surface area contributed by atoms with Gasteiger partial charge in [-0.05, 0) is 63.4 Å². The zero-order valence-corrected chi connectivity index (χ0v) is 13.3. The number of carboxylic acids is 1. The monoisotopic (exact) mass is 303 g/mol. The average molecular weight is 303 g/mol. The number of aromatic carboxylic acids is 1. The van der Waals surface area contributed by atoms with Gasteiger partial charge in [0.25, 0.3) is 0 Å². The second kappa shape index (κ2) is 6.69. The summed E-state index contributed by atoms with van der Waals surface area (Å²) in [6, 6.07) is 5.77. The van der Waals surface area contributed by atoms with Crippen molar-refractivity contribution >= 4 is 5.97 Å². The molecule has 4 nitrogen and oxygen atoms in total. The van der Waals surface area contributed by atoms with Crippen molar-refractivity contribution in [2.75, 3.05) is 19.7 Å². The van der Waals surface area contributed by atoms with Crippen LogP contribution >= 0.6 is 0 Å². The number of hydrogen-bond acceptors (Lipinski definition) is 3. The topological polar surface area (TPSA) is 49.8 Å². The van der Waals surface area contributed by atoms with E-state index in [1.165, 1.54) is 45.2 Å². The van der Waals surface area contributed by atoms with Crippen LogP contribution in [0.15, 0.2) is 18.2 Å². The van der Waals surface area contributed by atoms with Crippen molar-refractivity contribution < 1.29 is 14.6 Å². The van der Waals surface area contributed by atoms with Crippen molar-refractivity contribution in [1.29, 1.82) is 0 Å². The molecule has 0 aromatic heterocycles. The molecule has 0 aliphatic carbocycles. The number of hydrogen-bond donors (Lipinski definition) is 1. The molecule has 0 radical (unpaired) electrons. The lowest BCUT2D eigenvalue weighted by Crippen LogP contribution is -2.49. The lowest BCUT2D eigenvalue weighted by molar-refractivity contribution is 0.0364. The quantitative estimate of drug-likeness (QED) is 0.927. The van der Waals surface area contributed by atoms with Crippen LogP contribution in [0.1, 0.15) is 48.0 Å². The van der Waals surface area contributed by atoms with E-state index in [1.54, 1.807) is 12.1 Å². The second-order valence-electron chi connectivity index (χ2n) is 6.60. The van der Waals surface area contributed by atoms with Crippen LogP contribution in [-0.4, -0.2) is 41.7 Å². The first-order valence-corrected chi connectivity index (χ1v) is 8.36. The van der Waals surface area contributed by atoms with Crippen molar-refractivity contribution in [1.82, 2.24) is 4.90 Å². The first kappa shape index (κ1) is 15.3. The third-order valence-corrected chi connectivity index (χ3v) is 5.12. The molecule has 1 aromatic carbocycles. The molecule has 0 saturated carbocycles. The van der Waals surface area contributed by atoms with E-state index in [0.717, 1.165) is 5.56 Å². The SMILES string of the molecule is Cc1ccc(C(=O)O)cc1OC[C@@H]1CCCN2CCCC[C@H]12. The highest BCUT2D eigenvalue weighted by molar-refractivity contribution is 5.88. The van der Waals surface area contributed by atoms with Gasteiger partial charge < -0.3 is 9.84 Å². The van der Waals surface area contributed by atoms with Gasteiger partial charge >= 0.3 is 5.97 Å². The van der Waals surface area contributed by atoms with Crippen LogP contribution in [0.25, 0.3) is 0 Å². The van der Waals surface area contributed by atoms with Gasteiger partial charge in [-0.1, -0.05) is 12.5 Å². The van der Waals surface area contributed by atoms with E-state index in [2.05, 4.69) is 4.90 Å². The van der Waals surface area contributed by atoms with Crippen LogP contribution in [0.4, 0.5) is 0 Å². The van der Waals surface area contributed by atoms with Crippen LogP contribution in [0, 0.1) is 12.8 Å². The van der Waals surface area contributed by atoms with Gasteiger partial charge in [0.1, 0.15) is 5.75 Å². The van der Waals surface area contributed by atoms with E-state index < -0.39 is 5.97 Å². The molecule has 2 saturated heterocycles. The molecular weight excluding hydrogens is 278 g/mol. The number of benzene rings is 1. The predicted octanol–water partition coefficient (Wildman–Crippen LogP) is 3.34.